The molecular weight excluding hydrogens is 889 g/mol. The van der Waals surface area contributed by atoms with Gasteiger partial charge in [-0.2, -0.15) is 0 Å². The fourth-order valence-electron chi connectivity index (χ4n) is 9.04. The molecule has 0 atom stereocenters. The smallest absolute Gasteiger partial charge is 0.348 e. The zero-order valence-electron chi connectivity index (χ0n) is 38.7. The number of aromatic nitrogens is 4. The van der Waals surface area contributed by atoms with Crippen molar-refractivity contribution in [2.24, 2.45) is 0 Å². The van der Waals surface area contributed by atoms with Gasteiger partial charge in [0, 0.05) is 78.5 Å². The number of unbranched alkanes of at least 4 members (excludes halogenated alkanes) is 9. The number of carbonyl (C=O) groups excluding carboxylic acids is 1. The zero-order valence-corrected chi connectivity index (χ0v) is 42.0. The molecule has 7 aromatic heterocycles. The number of nitrogens with one attached hydrogen (secondary N) is 2. The molecule has 2 N–H and O–H groups in total. The lowest BCUT2D eigenvalue weighted by atomic mass is 10.1. The number of hydrogen-bond donors (Lipinski definition) is 2. The lowest BCUT2D eigenvalue weighted by Crippen LogP contribution is -1.96. The fourth-order valence-corrected chi connectivity index (χ4v) is 13.4. The molecule has 0 aliphatic carbocycles. The number of rotatable bonds is 20. The first-order valence-electron chi connectivity index (χ1n) is 24.1. The predicted octanol–water partition coefficient (Wildman–Crippen LogP) is 17.7. The Hall–Kier alpha value is -5.13. The van der Waals surface area contributed by atoms with Crippen molar-refractivity contribution in [3.8, 4) is 41.8 Å². The maximum Gasteiger partial charge on any atom is 0.348 e. The van der Waals surface area contributed by atoms with Gasteiger partial charge in [0.1, 0.15) is 4.88 Å². The van der Waals surface area contributed by atoms with Crippen molar-refractivity contribution in [1.82, 2.24) is 19.9 Å². The summed E-state index contributed by atoms with van der Waals surface area (Å²) in [5.41, 5.74) is 11.8. The van der Waals surface area contributed by atoms with E-state index >= 15 is 0 Å². The molecule has 9 heterocycles. The van der Waals surface area contributed by atoms with Gasteiger partial charge in [0.15, 0.2) is 0 Å². The Morgan fingerprint density at radius 1 is 0.439 bits per heavy atom. The van der Waals surface area contributed by atoms with Crippen LogP contribution in [-0.2, 0) is 24.0 Å². The van der Waals surface area contributed by atoms with Gasteiger partial charge >= 0.3 is 5.97 Å². The second-order valence-electron chi connectivity index (χ2n) is 17.4. The van der Waals surface area contributed by atoms with Gasteiger partial charge in [-0.05, 0) is 136 Å². The van der Waals surface area contributed by atoms with E-state index in [4.69, 9.17) is 14.7 Å². The first kappa shape index (κ1) is 46.0. The van der Waals surface area contributed by atoms with Gasteiger partial charge in [-0.15, -0.1) is 45.3 Å². The van der Waals surface area contributed by atoms with Crippen LogP contribution in [0.15, 0.2) is 72.8 Å². The molecule has 10 heteroatoms. The van der Waals surface area contributed by atoms with E-state index in [9.17, 15) is 4.79 Å². The van der Waals surface area contributed by atoms with Crippen LogP contribution in [0.3, 0.4) is 0 Å². The Morgan fingerprint density at radius 2 is 0.773 bits per heavy atom. The quantitative estimate of drug-likeness (QED) is 0.0589. The number of ether oxygens (including phenoxy) is 1. The predicted molar refractivity (Wildman–Crippen MR) is 287 cm³/mol. The summed E-state index contributed by atoms with van der Waals surface area (Å²) in [6.07, 6.45) is 26.8. The van der Waals surface area contributed by atoms with Gasteiger partial charge in [0.2, 0.25) is 0 Å². The summed E-state index contributed by atoms with van der Waals surface area (Å²) < 4.78 is 5.17. The molecule has 0 amide bonds. The maximum atomic E-state index is 12.8. The summed E-state index contributed by atoms with van der Waals surface area (Å²) in [5, 5.41) is 0. The molecule has 0 fully saturated rings. The van der Waals surface area contributed by atoms with Gasteiger partial charge in [-0.25, -0.2) is 14.8 Å². The molecule has 0 saturated heterocycles. The van der Waals surface area contributed by atoms with Gasteiger partial charge in [0.25, 0.3) is 0 Å². The Balaban J connectivity index is 1.31. The molecule has 8 bridgehead atoms. The average Bonchev–Trinajstić information content (AvgIpc) is 4.17. The normalized spacial score (nSPS) is 12.2. The van der Waals surface area contributed by atoms with Crippen molar-refractivity contribution in [2.45, 2.75) is 117 Å². The van der Waals surface area contributed by atoms with Crippen molar-refractivity contribution in [3.05, 3.63) is 115 Å². The molecule has 9 rings (SSSR count). The number of hydrogen-bond acceptors (Lipinski definition) is 8. The number of aryl methyl sites for hydroxylation is 3. The SMILES string of the molecule is CCCCCCc1ccc(-c2c3nc(c(-c4ccc(CCCCCC)s4)c4ccc([nH]4)c(-c4ccc(C(=O)OC)s4)c4nc(c(-c5ccc(CCCCCC)s5)c5ccc2[nH]5)C=C4)C=C3)s1. The van der Waals surface area contributed by atoms with Crippen LogP contribution in [0.5, 0.6) is 0 Å². The largest absolute Gasteiger partial charge is 0.465 e. The molecule has 7 aromatic rings. The van der Waals surface area contributed by atoms with E-state index in [2.05, 4.69) is 116 Å². The van der Waals surface area contributed by atoms with Crippen LogP contribution in [0.4, 0.5) is 0 Å². The number of carbonyl (C=O) groups is 1. The Bertz CT molecular complexity index is 2990. The molecule has 0 radical (unpaired) electrons. The van der Waals surface area contributed by atoms with E-state index in [1.165, 1.54) is 125 Å². The van der Waals surface area contributed by atoms with Crippen LogP contribution in [0.1, 0.15) is 145 Å². The third-order valence-corrected chi connectivity index (χ3v) is 17.1. The van der Waals surface area contributed by atoms with Crippen molar-refractivity contribution >= 4 is 97.7 Å². The number of H-pyrrole nitrogens is 2. The van der Waals surface area contributed by atoms with Gasteiger partial charge < -0.3 is 14.7 Å². The van der Waals surface area contributed by atoms with Crippen molar-refractivity contribution < 1.29 is 9.53 Å². The van der Waals surface area contributed by atoms with Crippen LogP contribution >= 0.6 is 45.3 Å². The molecule has 0 unspecified atom stereocenters. The van der Waals surface area contributed by atoms with Crippen molar-refractivity contribution in [1.29, 1.82) is 0 Å². The van der Waals surface area contributed by atoms with Gasteiger partial charge in [-0.1, -0.05) is 78.6 Å². The second kappa shape index (κ2) is 21.7. The van der Waals surface area contributed by atoms with Gasteiger partial charge in [-0.3, -0.25) is 0 Å². The van der Waals surface area contributed by atoms with Crippen LogP contribution in [0.25, 0.3) is 88.1 Å². The number of thiophene rings is 4. The van der Waals surface area contributed by atoms with Gasteiger partial charge in [0.05, 0.1) is 29.9 Å². The van der Waals surface area contributed by atoms with E-state index in [0.717, 1.165) is 91.2 Å². The van der Waals surface area contributed by atoms with E-state index in [0.29, 0.717) is 4.88 Å². The second-order valence-corrected chi connectivity index (χ2v) is 22.0. The highest BCUT2D eigenvalue weighted by atomic mass is 32.1. The third-order valence-electron chi connectivity index (χ3n) is 12.5. The number of fused-ring (bicyclic) bond motifs is 8. The summed E-state index contributed by atoms with van der Waals surface area (Å²) in [6.45, 7) is 6.81. The summed E-state index contributed by atoms with van der Waals surface area (Å²) in [6, 6.07) is 26.5. The number of methoxy groups -OCH3 is 1. The lowest BCUT2D eigenvalue weighted by molar-refractivity contribution is 0.0606. The van der Waals surface area contributed by atoms with Crippen LogP contribution in [0, 0.1) is 0 Å². The molecule has 0 spiro atoms. The minimum atomic E-state index is -0.344. The lowest BCUT2D eigenvalue weighted by Gasteiger charge is -2.04. The van der Waals surface area contributed by atoms with E-state index < -0.39 is 0 Å². The third kappa shape index (κ3) is 10.2. The highest BCUT2D eigenvalue weighted by Gasteiger charge is 2.22. The minimum absolute atomic E-state index is 0.344. The van der Waals surface area contributed by atoms with Crippen LogP contribution in [0.2, 0.25) is 0 Å². The molecule has 340 valence electrons. The Morgan fingerprint density at radius 3 is 1.11 bits per heavy atom. The Kier molecular flexibility index (Phi) is 15.1. The highest BCUT2D eigenvalue weighted by molar-refractivity contribution is 7.17. The summed E-state index contributed by atoms with van der Waals surface area (Å²) >= 11 is 7.07. The molecule has 0 aromatic carbocycles. The van der Waals surface area contributed by atoms with Crippen molar-refractivity contribution in [2.75, 3.05) is 7.11 Å². The molecule has 2 aliphatic heterocycles. The molecule has 0 saturated carbocycles. The molecular formula is C56H60N4O2S4. The van der Waals surface area contributed by atoms with Crippen LogP contribution < -0.4 is 0 Å². The average molecular weight is 949 g/mol. The summed E-state index contributed by atoms with van der Waals surface area (Å²) in [5.74, 6) is -0.344. The van der Waals surface area contributed by atoms with E-state index in [1.807, 2.05) is 46.1 Å². The summed E-state index contributed by atoms with van der Waals surface area (Å²) in [7, 11) is 1.43. The number of aromatic amines is 2. The molecule has 6 nitrogen and oxygen atoms in total. The Labute approximate surface area is 405 Å². The van der Waals surface area contributed by atoms with Crippen LogP contribution in [-0.4, -0.2) is 33.0 Å². The first-order chi connectivity index (χ1) is 32.4. The van der Waals surface area contributed by atoms with E-state index in [1.54, 1.807) is 0 Å². The monoisotopic (exact) mass is 948 g/mol. The first-order valence-corrected chi connectivity index (χ1v) is 27.3. The standard InChI is InChI=1S/C56H60N4O2S4/c1-5-8-11-14-17-36-20-31-47(63-36)52-39-23-25-41(57-39)53(48-32-21-37(64-48)18-15-12-9-6-2)43-27-29-45(59-43)55(50-34-35-51(66-50)56(61)62-4)46-30-28-44(60-46)54(42-26-24-40(52)58-42)49-33-22-38(65-49)19-16-13-10-7-3/h20-35,57,60H,5-19H2,1-4H3. The number of nitrogens with zero attached hydrogens (tertiary/aromatic N) is 2. The topological polar surface area (TPSA) is 83.7 Å². The molecule has 66 heavy (non-hydrogen) atoms. The minimum Gasteiger partial charge on any atom is -0.465 e. The maximum absolute atomic E-state index is 12.8. The fraction of sp³-hybridized carbons (Fsp3) is 0.339. The zero-order chi connectivity index (χ0) is 45.4. The summed E-state index contributed by atoms with van der Waals surface area (Å²) in [4.78, 5) is 41.1. The highest BCUT2D eigenvalue weighted by Crippen LogP contribution is 2.43. The van der Waals surface area contributed by atoms with E-state index in [-0.39, 0.29) is 5.97 Å². The molecule has 2 aliphatic rings. The van der Waals surface area contributed by atoms with Crippen molar-refractivity contribution in [3.63, 3.8) is 0 Å². The number of esters is 1.